The van der Waals surface area contributed by atoms with Crippen molar-refractivity contribution in [2.24, 2.45) is 0 Å². The van der Waals surface area contributed by atoms with Crippen LogP contribution in [0.5, 0.6) is 0 Å². The molecule has 0 amide bonds. The Bertz CT molecular complexity index is 2550. The summed E-state index contributed by atoms with van der Waals surface area (Å²) in [5, 5.41) is 4.93. The second kappa shape index (κ2) is 12.7. The largest absolute Gasteiger partial charge is 0.208 e. The van der Waals surface area contributed by atoms with Crippen LogP contribution in [0.2, 0.25) is 0 Å². The van der Waals surface area contributed by atoms with Crippen LogP contribution in [0, 0.1) is 0 Å². The summed E-state index contributed by atoms with van der Waals surface area (Å²) in [7, 11) is 0. The fourth-order valence-electron chi connectivity index (χ4n) is 6.82. The van der Waals surface area contributed by atoms with Crippen LogP contribution in [0.15, 0.2) is 188 Å². The Morgan fingerprint density at radius 1 is 0.240 bits per heavy atom. The van der Waals surface area contributed by atoms with Gasteiger partial charge in [0.1, 0.15) is 0 Å². The van der Waals surface area contributed by atoms with Gasteiger partial charge in [-0.15, -0.1) is 0 Å². The summed E-state index contributed by atoms with van der Waals surface area (Å²) in [5.41, 5.74) is 9.63. The first kappa shape index (κ1) is 29.4. The van der Waals surface area contributed by atoms with Crippen molar-refractivity contribution in [2.75, 3.05) is 0 Å². The van der Waals surface area contributed by atoms with Crippen LogP contribution < -0.4 is 0 Å². The number of hydrogen-bond acceptors (Lipinski definition) is 3. The number of hydrogen-bond donors (Lipinski definition) is 0. The molecule has 1 heterocycles. The van der Waals surface area contributed by atoms with Gasteiger partial charge in [-0.2, -0.15) is 0 Å². The lowest BCUT2D eigenvalue weighted by molar-refractivity contribution is 1.07. The quantitative estimate of drug-likeness (QED) is 0.170. The molecule has 0 unspecified atom stereocenters. The molecule has 0 fully saturated rings. The molecule has 0 spiro atoms. The lowest BCUT2D eigenvalue weighted by Crippen LogP contribution is -2.00. The van der Waals surface area contributed by atoms with Gasteiger partial charge >= 0.3 is 0 Å². The molecule has 0 bridgehead atoms. The number of fused-ring (bicyclic) bond motifs is 3. The maximum atomic E-state index is 5.14. The third-order valence-corrected chi connectivity index (χ3v) is 9.29. The highest BCUT2D eigenvalue weighted by Gasteiger charge is 2.15. The van der Waals surface area contributed by atoms with Crippen LogP contribution in [-0.2, 0) is 0 Å². The van der Waals surface area contributed by atoms with Crippen molar-refractivity contribution in [3.8, 4) is 67.5 Å². The molecule has 8 aromatic carbocycles. The fourth-order valence-corrected chi connectivity index (χ4v) is 6.82. The van der Waals surface area contributed by atoms with Crippen LogP contribution >= 0.6 is 0 Å². The Hall–Kier alpha value is -6.71. The van der Waals surface area contributed by atoms with Gasteiger partial charge in [0.15, 0.2) is 17.5 Å². The van der Waals surface area contributed by atoms with Gasteiger partial charge in [0, 0.05) is 16.7 Å². The van der Waals surface area contributed by atoms with Crippen LogP contribution in [0.4, 0.5) is 0 Å². The normalized spacial score (nSPS) is 11.2. The molecular formula is C47H31N3. The van der Waals surface area contributed by atoms with E-state index in [4.69, 9.17) is 15.0 Å². The van der Waals surface area contributed by atoms with Crippen molar-refractivity contribution in [1.29, 1.82) is 0 Å². The highest BCUT2D eigenvalue weighted by Crippen LogP contribution is 2.37. The Balaban J connectivity index is 1.22. The maximum Gasteiger partial charge on any atom is 0.164 e. The van der Waals surface area contributed by atoms with Gasteiger partial charge in [-0.3, -0.25) is 0 Å². The van der Waals surface area contributed by atoms with Crippen LogP contribution in [-0.4, -0.2) is 15.0 Å². The Morgan fingerprint density at radius 3 is 1.16 bits per heavy atom. The zero-order valence-electron chi connectivity index (χ0n) is 27.2. The van der Waals surface area contributed by atoms with E-state index in [1.165, 1.54) is 27.1 Å². The summed E-state index contributed by atoms with van der Waals surface area (Å²) in [6, 6.07) is 65.8. The topological polar surface area (TPSA) is 38.7 Å². The van der Waals surface area contributed by atoms with Crippen molar-refractivity contribution in [3.05, 3.63) is 188 Å². The number of rotatable bonds is 6. The molecule has 9 rings (SSSR count). The van der Waals surface area contributed by atoms with Gasteiger partial charge in [0.2, 0.25) is 0 Å². The minimum Gasteiger partial charge on any atom is -0.208 e. The molecule has 0 radical (unpaired) electrons. The fraction of sp³-hybridized carbons (Fsp3) is 0. The lowest BCUT2D eigenvalue weighted by atomic mass is 9.92. The van der Waals surface area contributed by atoms with Gasteiger partial charge in [-0.05, 0) is 79.2 Å². The van der Waals surface area contributed by atoms with Crippen molar-refractivity contribution >= 4 is 21.5 Å². The summed E-state index contributed by atoms with van der Waals surface area (Å²) in [6.45, 7) is 0. The smallest absolute Gasteiger partial charge is 0.164 e. The Kier molecular flexibility index (Phi) is 7.49. The Labute approximate surface area is 291 Å². The molecule has 0 saturated heterocycles. The van der Waals surface area contributed by atoms with E-state index in [-0.39, 0.29) is 0 Å². The molecule has 0 N–H and O–H groups in total. The van der Waals surface area contributed by atoms with Gasteiger partial charge < -0.3 is 0 Å². The average Bonchev–Trinajstić information content (AvgIpc) is 3.21. The van der Waals surface area contributed by atoms with Gasteiger partial charge in [0.05, 0.1) is 0 Å². The molecular weight excluding hydrogens is 607 g/mol. The van der Waals surface area contributed by atoms with Crippen molar-refractivity contribution in [1.82, 2.24) is 15.0 Å². The zero-order chi connectivity index (χ0) is 33.3. The second-order valence-corrected chi connectivity index (χ2v) is 12.5. The van der Waals surface area contributed by atoms with Gasteiger partial charge in [-0.25, -0.2) is 15.0 Å². The summed E-state index contributed by atoms with van der Waals surface area (Å²) in [5.74, 6) is 1.90. The zero-order valence-corrected chi connectivity index (χ0v) is 27.2. The van der Waals surface area contributed by atoms with E-state index in [9.17, 15) is 0 Å². The molecule has 3 nitrogen and oxygen atoms in total. The molecule has 3 heteroatoms. The van der Waals surface area contributed by atoms with Crippen LogP contribution in [0.3, 0.4) is 0 Å². The molecule has 50 heavy (non-hydrogen) atoms. The minimum absolute atomic E-state index is 0.632. The SMILES string of the molecule is c1ccc(-c2cccc(-c3nc(-c4cccc(-c5ccccc5)c4)nc(-c4cccc(-c5cc6ccccc6c6ccccc56)c4)n3)c2)cc1. The predicted octanol–water partition coefficient (Wildman–Crippen LogP) is 12.2. The summed E-state index contributed by atoms with van der Waals surface area (Å²) in [6.07, 6.45) is 0. The van der Waals surface area contributed by atoms with E-state index in [2.05, 4.69) is 176 Å². The highest BCUT2D eigenvalue weighted by atomic mass is 15.0. The van der Waals surface area contributed by atoms with E-state index in [0.29, 0.717) is 17.5 Å². The summed E-state index contributed by atoms with van der Waals surface area (Å²) in [4.78, 5) is 15.4. The standard InChI is InChI=1S/C47H31N3/c1-3-14-32(15-4-1)34-19-11-22-38(28-34)45-48-46(39-23-12-20-35(29-39)33-16-5-2-6-17-33)50-47(49-45)40-24-13-21-36(30-40)44-31-37-18-7-8-25-41(37)42-26-9-10-27-43(42)44/h1-31H. The molecule has 234 valence electrons. The monoisotopic (exact) mass is 637 g/mol. The predicted molar refractivity (Wildman–Crippen MR) is 207 cm³/mol. The maximum absolute atomic E-state index is 5.14. The van der Waals surface area contributed by atoms with Gasteiger partial charge in [-0.1, -0.05) is 164 Å². The van der Waals surface area contributed by atoms with Crippen molar-refractivity contribution < 1.29 is 0 Å². The average molecular weight is 638 g/mol. The molecule has 0 aliphatic heterocycles. The van der Waals surface area contributed by atoms with Crippen molar-refractivity contribution in [2.45, 2.75) is 0 Å². The Morgan fingerprint density at radius 2 is 0.620 bits per heavy atom. The third kappa shape index (κ3) is 5.61. The van der Waals surface area contributed by atoms with E-state index in [1.807, 2.05) is 12.1 Å². The van der Waals surface area contributed by atoms with Crippen molar-refractivity contribution in [3.63, 3.8) is 0 Å². The van der Waals surface area contributed by atoms with E-state index < -0.39 is 0 Å². The number of benzene rings is 8. The molecule has 0 atom stereocenters. The molecule has 0 aliphatic carbocycles. The minimum atomic E-state index is 0.632. The number of nitrogens with zero attached hydrogens (tertiary/aromatic N) is 3. The summed E-state index contributed by atoms with van der Waals surface area (Å²) >= 11 is 0. The third-order valence-electron chi connectivity index (χ3n) is 9.29. The van der Waals surface area contributed by atoms with Crippen LogP contribution in [0.1, 0.15) is 0 Å². The van der Waals surface area contributed by atoms with Crippen LogP contribution in [0.25, 0.3) is 89.1 Å². The first-order valence-electron chi connectivity index (χ1n) is 16.9. The van der Waals surface area contributed by atoms with Gasteiger partial charge in [0.25, 0.3) is 0 Å². The molecule has 0 aliphatic rings. The molecule has 1 aromatic heterocycles. The molecule has 9 aromatic rings. The molecule has 0 saturated carbocycles. The van der Waals surface area contributed by atoms with E-state index in [0.717, 1.165) is 44.5 Å². The summed E-state index contributed by atoms with van der Waals surface area (Å²) < 4.78 is 0. The van der Waals surface area contributed by atoms with E-state index in [1.54, 1.807) is 0 Å². The van der Waals surface area contributed by atoms with E-state index >= 15 is 0 Å². The number of aromatic nitrogens is 3. The first-order chi connectivity index (χ1) is 24.8. The lowest BCUT2D eigenvalue weighted by Gasteiger charge is -2.13. The first-order valence-corrected chi connectivity index (χ1v) is 16.9. The highest BCUT2D eigenvalue weighted by molar-refractivity contribution is 6.13. The second-order valence-electron chi connectivity index (χ2n) is 12.5.